The lowest BCUT2D eigenvalue weighted by Gasteiger charge is -2.04. The van der Waals surface area contributed by atoms with E-state index in [1.165, 1.54) is 5.56 Å². The van der Waals surface area contributed by atoms with Crippen molar-refractivity contribution in [1.29, 1.82) is 5.26 Å². The van der Waals surface area contributed by atoms with Crippen molar-refractivity contribution in [2.24, 2.45) is 4.99 Å². The molecule has 94 valence electrons. The lowest BCUT2D eigenvalue weighted by molar-refractivity contribution is 0.958. The fourth-order valence-electron chi connectivity index (χ4n) is 1.70. The second-order valence-electron chi connectivity index (χ2n) is 3.94. The van der Waals surface area contributed by atoms with Crippen LogP contribution in [-0.4, -0.2) is 17.4 Å². The molecule has 0 unspecified atom stereocenters. The van der Waals surface area contributed by atoms with Crippen LogP contribution in [0.4, 0.5) is 0 Å². The zero-order valence-corrected chi connectivity index (χ0v) is 10.5. The van der Waals surface area contributed by atoms with Gasteiger partial charge in [-0.05, 0) is 24.1 Å². The van der Waals surface area contributed by atoms with Gasteiger partial charge in [0, 0.05) is 24.5 Å². The molecule has 0 atom stereocenters. The Morgan fingerprint density at radius 3 is 2.74 bits per heavy atom. The summed E-state index contributed by atoms with van der Waals surface area (Å²) in [6.07, 6.45) is 6.13. The SMILES string of the molecule is N#CNC(=NCCc1ccccc1)c1cccnc1. The minimum atomic E-state index is 0.562. The van der Waals surface area contributed by atoms with Gasteiger partial charge in [-0.25, -0.2) is 0 Å². The first-order valence-electron chi connectivity index (χ1n) is 6.04. The van der Waals surface area contributed by atoms with E-state index in [0.29, 0.717) is 12.4 Å². The number of pyridine rings is 1. The van der Waals surface area contributed by atoms with Crippen molar-refractivity contribution in [3.8, 4) is 6.19 Å². The molecule has 0 fully saturated rings. The molecular formula is C15H14N4. The van der Waals surface area contributed by atoms with Gasteiger partial charge in [-0.15, -0.1) is 0 Å². The van der Waals surface area contributed by atoms with Gasteiger partial charge in [-0.3, -0.25) is 15.3 Å². The molecule has 0 saturated carbocycles. The van der Waals surface area contributed by atoms with Crippen molar-refractivity contribution in [2.45, 2.75) is 6.42 Å². The van der Waals surface area contributed by atoms with Gasteiger partial charge in [0.15, 0.2) is 6.19 Å². The predicted molar refractivity (Wildman–Crippen MR) is 74.5 cm³/mol. The highest BCUT2D eigenvalue weighted by Gasteiger charge is 2.01. The van der Waals surface area contributed by atoms with E-state index in [2.05, 4.69) is 27.4 Å². The van der Waals surface area contributed by atoms with E-state index in [1.54, 1.807) is 12.4 Å². The lowest BCUT2D eigenvalue weighted by Crippen LogP contribution is -2.20. The average Bonchev–Trinajstić information content (AvgIpc) is 2.48. The topological polar surface area (TPSA) is 61.1 Å². The van der Waals surface area contributed by atoms with E-state index in [1.807, 2.05) is 36.5 Å². The normalized spacial score (nSPS) is 10.8. The van der Waals surface area contributed by atoms with Crippen LogP contribution in [0.2, 0.25) is 0 Å². The van der Waals surface area contributed by atoms with Crippen molar-refractivity contribution in [3.05, 3.63) is 66.0 Å². The summed E-state index contributed by atoms with van der Waals surface area (Å²) >= 11 is 0. The van der Waals surface area contributed by atoms with Gasteiger partial charge in [0.1, 0.15) is 5.84 Å². The van der Waals surface area contributed by atoms with Crippen LogP contribution in [-0.2, 0) is 6.42 Å². The van der Waals surface area contributed by atoms with Crippen molar-refractivity contribution in [1.82, 2.24) is 10.3 Å². The Kier molecular flexibility index (Phi) is 4.65. The summed E-state index contributed by atoms with van der Waals surface area (Å²) in [5.74, 6) is 0.562. The molecule has 4 nitrogen and oxygen atoms in total. The van der Waals surface area contributed by atoms with E-state index in [-0.39, 0.29) is 0 Å². The molecule has 0 amide bonds. The Morgan fingerprint density at radius 1 is 1.21 bits per heavy atom. The van der Waals surface area contributed by atoms with Gasteiger partial charge in [0.25, 0.3) is 0 Å². The van der Waals surface area contributed by atoms with Crippen molar-refractivity contribution in [2.75, 3.05) is 6.54 Å². The Bertz CT molecular complexity index is 570. The Morgan fingerprint density at radius 2 is 2.05 bits per heavy atom. The maximum Gasteiger partial charge on any atom is 0.182 e. The quantitative estimate of drug-likeness (QED) is 0.391. The van der Waals surface area contributed by atoms with Gasteiger partial charge in [-0.1, -0.05) is 30.3 Å². The van der Waals surface area contributed by atoms with Crippen LogP contribution >= 0.6 is 0 Å². The zero-order valence-electron chi connectivity index (χ0n) is 10.5. The van der Waals surface area contributed by atoms with Gasteiger partial charge < -0.3 is 0 Å². The molecule has 2 aromatic rings. The number of hydrogen-bond donors (Lipinski definition) is 1. The minimum absolute atomic E-state index is 0.562. The Labute approximate surface area is 112 Å². The van der Waals surface area contributed by atoms with Crippen molar-refractivity contribution in [3.63, 3.8) is 0 Å². The summed E-state index contributed by atoms with van der Waals surface area (Å²) in [7, 11) is 0. The number of amidine groups is 1. The van der Waals surface area contributed by atoms with E-state index in [0.717, 1.165) is 12.0 Å². The van der Waals surface area contributed by atoms with Crippen LogP contribution in [0.15, 0.2) is 59.9 Å². The molecule has 1 aromatic carbocycles. The van der Waals surface area contributed by atoms with Gasteiger partial charge in [0.2, 0.25) is 0 Å². The third-order valence-corrected chi connectivity index (χ3v) is 2.62. The first-order chi connectivity index (χ1) is 9.40. The van der Waals surface area contributed by atoms with Gasteiger partial charge in [0.05, 0.1) is 0 Å². The fourth-order valence-corrected chi connectivity index (χ4v) is 1.70. The molecule has 19 heavy (non-hydrogen) atoms. The molecule has 4 heteroatoms. The molecule has 1 N–H and O–H groups in total. The molecule has 2 rings (SSSR count). The molecule has 0 aliphatic heterocycles. The second-order valence-corrected chi connectivity index (χ2v) is 3.94. The molecule has 1 aromatic heterocycles. The molecule has 0 radical (unpaired) electrons. The number of nitrogens with one attached hydrogen (secondary N) is 1. The van der Waals surface area contributed by atoms with Gasteiger partial charge in [-0.2, -0.15) is 5.26 Å². The van der Waals surface area contributed by atoms with E-state index >= 15 is 0 Å². The second kappa shape index (κ2) is 6.92. The van der Waals surface area contributed by atoms with E-state index < -0.39 is 0 Å². The third-order valence-electron chi connectivity index (χ3n) is 2.62. The highest BCUT2D eigenvalue weighted by atomic mass is 15.0. The summed E-state index contributed by atoms with van der Waals surface area (Å²) in [5, 5.41) is 11.4. The number of benzene rings is 1. The number of nitriles is 1. The average molecular weight is 250 g/mol. The van der Waals surface area contributed by atoms with Crippen LogP contribution in [0.3, 0.4) is 0 Å². The van der Waals surface area contributed by atoms with Crippen molar-refractivity contribution >= 4 is 5.84 Å². The highest BCUT2D eigenvalue weighted by molar-refractivity contribution is 5.99. The largest absolute Gasteiger partial charge is 0.277 e. The molecule has 0 spiro atoms. The van der Waals surface area contributed by atoms with E-state index in [4.69, 9.17) is 5.26 Å². The number of aromatic nitrogens is 1. The van der Waals surface area contributed by atoms with Gasteiger partial charge >= 0.3 is 0 Å². The Balaban J connectivity index is 2.04. The van der Waals surface area contributed by atoms with Crippen molar-refractivity contribution < 1.29 is 0 Å². The fraction of sp³-hybridized carbons (Fsp3) is 0.133. The summed E-state index contributed by atoms with van der Waals surface area (Å²) in [6, 6.07) is 13.8. The number of aliphatic imine (C=N–C) groups is 1. The summed E-state index contributed by atoms with van der Waals surface area (Å²) in [5.41, 5.74) is 2.05. The minimum Gasteiger partial charge on any atom is -0.277 e. The predicted octanol–water partition coefficient (Wildman–Crippen LogP) is 2.14. The van der Waals surface area contributed by atoms with Crippen LogP contribution in [0.5, 0.6) is 0 Å². The molecular weight excluding hydrogens is 236 g/mol. The molecule has 0 aliphatic rings. The first kappa shape index (κ1) is 12.8. The van der Waals surface area contributed by atoms with Crippen LogP contribution in [0.25, 0.3) is 0 Å². The summed E-state index contributed by atoms with van der Waals surface area (Å²) < 4.78 is 0. The maximum atomic E-state index is 8.75. The third kappa shape index (κ3) is 3.93. The van der Waals surface area contributed by atoms with Crippen LogP contribution in [0.1, 0.15) is 11.1 Å². The molecule has 0 aliphatic carbocycles. The smallest absolute Gasteiger partial charge is 0.182 e. The molecule has 0 bridgehead atoms. The Hall–Kier alpha value is -2.67. The van der Waals surface area contributed by atoms with E-state index in [9.17, 15) is 0 Å². The number of nitrogens with zero attached hydrogens (tertiary/aromatic N) is 3. The van der Waals surface area contributed by atoms with Crippen LogP contribution < -0.4 is 5.32 Å². The molecule has 0 saturated heterocycles. The first-order valence-corrected chi connectivity index (χ1v) is 6.04. The molecule has 1 heterocycles. The number of hydrogen-bond acceptors (Lipinski definition) is 3. The maximum absolute atomic E-state index is 8.75. The standard InChI is InChI=1S/C15H14N4/c16-12-19-15(14-7-4-9-17-11-14)18-10-8-13-5-2-1-3-6-13/h1-7,9,11H,8,10H2,(H,18,19). The number of rotatable bonds is 4. The summed E-state index contributed by atoms with van der Waals surface area (Å²) in [4.78, 5) is 8.45. The zero-order chi connectivity index (χ0) is 13.3. The monoisotopic (exact) mass is 250 g/mol. The lowest BCUT2D eigenvalue weighted by atomic mass is 10.1. The summed E-state index contributed by atoms with van der Waals surface area (Å²) in [6.45, 7) is 0.628. The van der Waals surface area contributed by atoms with Crippen LogP contribution in [0, 0.1) is 11.5 Å². The highest BCUT2D eigenvalue weighted by Crippen LogP contribution is 2.01.